The number of rotatable bonds is 5. The highest BCUT2D eigenvalue weighted by atomic mass is 79.9. The van der Waals surface area contributed by atoms with Gasteiger partial charge in [-0.25, -0.2) is 0 Å². The van der Waals surface area contributed by atoms with Gasteiger partial charge in [0, 0.05) is 13.5 Å². The van der Waals surface area contributed by atoms with E-state index in [0.717, 1.165) is 27.2 Å². The molecule has 7 heteroatoms. The topological polar surface area (TPSA) is 85.7 Å². The maximum atomic E-state index is 8.54. The molecule has 112 valence electrons. The lowest BCUT2D eigenvalue weighted by Crippen LogP contribution is -2.14. The van der Waals surface area contributed by atoms with Gasteiger partial charge in [-0.15, -0.1) is 0 Å². The average Bonchev–Trinajstić information content (AvgIpc) is 2.71. The first-order chi connectivity index (χ1) is 10.0. The zero-order valence-electron chi connectivity index (χ0n) is 11.9. The Morgan fingerprint density at radius 3 is 2.62 bits per heavy atom. The molecule has 0 aliphatic carbocycles. The fourth-order valence-corrected chi connectivity index (χ4v) is 2.39. The number of hydrogen-bond acceptors (Lipinski definition) is 4. The van der Waals surface area contributed by atoms with E-state index in [2.05, 4.69) is 26.2 Å². The van der Waals surface area contributed by atoms with Crippen LogP contribution in [0.4, 0.5) is 0 Å². The highest BCUT2D eigenvalue weighted by molar-refractivity contribution is 9.10. The van der Waals surface area contributed by atoms with Gasteiger partial charge in [-0.05, 0) is 40.5 Å². The third-order valence-electron chi connectivity index (χ3n) is 3.07. The number of nitrogens with two attached hydrogens (primary N) is 1. The van der Waals surface area contributed by atoms with Gasteiger partial charge >= 0.3 is 0 Å². The summed E-state index contributed by atoms with van der Waals surface area (Å²) in [6.07, 6.45) is 0.406. The molecule has 0 aliphatic rings. The van der Waals surface area contributed by atoms with Crippen molar-refractivity contribution >= 4 is 21.8 Å². The maximum absolute atomic E-state index is 8.54. The Balaban J connectivity index is 2.01. The SMILES string of the molecule is Cc1nn(C)c(COc2ccc(CC(N)=NO)cc2)c1Br. The summed E-state index contributed by atoms with van der Waals surface area (Å²) in [6, 6.07) is 7.49. The Kier molecular flexibility index (Phi) is 4.85. The maximum Gasteiger partial charge on any atom is 0.143 e. The van der Waals surface area contributed by atoms with Crippen LogP contribution in [0.25, 0.3) is 0 Å². The minimum absolute atomic E-state index is 0.179. The fourth-order valence-electron chi connectivity index (χ4n) is 1.94. The molecular weight excluding hydrogens is 336 g/mol. The number of amidine groups is 1. The quantitative estimate of drug-likeness (QED) is 0.374. The first-order valence-electron chi connectivity index (χ1n) is 6.37. The molecule has 2 rings (SSSR count). The second kappa shape index (κ2) is 6.62. The van der Waals surface area contributed by atoms with Crippen LogP contribution in [0.1, 0.15) is 17.0 Å². The predicted molar refractivity (Wildman–Crippen MR) is 83.5 cm³/mol. The van der Waals surface area contributed by atoms with Crippen LogP contribution in [0.3, 0.4) is 0 Å². The van der Waals surface area contributed by atoms with Gasteiger partial charge in [0.25, 0.3) is 0 Å². The average molecular weight is 353 g/mol. The monoisotopic (exact) mass is 352 g/mol. The summed E-state index contributed by atoms with van der Waals surface area (Å²) in [5, 5.41) is 15.8. The number of nitrogens with zero attached hydrogens (tertiary/aromatic N) is 3. The van der Waals surface area contributed by atoms with E-state index in [9.17, 15) is 0 Å². The Morgan fingerprint density at radius 1 is 1.43 bits per heavy atom. The third-order valence-corrected chi connectivity index (χ3v) is 4.11. The minimum Gasteiger partial charge on any atom is -0.487 e. The number of aromatic nitrogens is 2. The normalized spacial score (nSPS) is 11.7. The molecule has 1 aromatic heterocycles. The van der Waals surface area contributed by atoms with E-state index in [4.69, 9.17) is 15.7 Å². The molecule has 0 radical (unpaired) electrons. The molecule has 3 N–H and O–H groups in total. The fraction of sp³-hybridized carbons (Fsp3) is 0.286. The summed E-state index contributed by atoms with van der Waals surface area (Å²) in [5.41, 5.74) is 8.34. The van der Waals surface area contributed by atoms with E-state index in [1.807, 2.05) is 38.2 Å². The van der Waals surface area contributed by atoms with Gasteiger partial charge < -0.3 is 15.7 Å². The largest absolute Gasteiger partial charge is 0.487 e. The molecule has 1 aromatic carbocycles. The lowest BCUT2D eigenvalue weighted by atomic mass is 10.1. The van der Waals surface area contributed by atoms with Gasteiger partial charge in [0.2, 0.25) is 0 Å². The predicted octanol–water partition coefficient (Wildman–Crippen LogP) is 2.36. The molecule has 1 heterocycles. The Hall–Kier alpha value is -2.02. The van der Waals surface area contributed by atoms with Crippen LogP contribution in [0.5, 0.6) is 5.75 Å². The highest BCUT2D eigenvalue weighted by Gasteiger charge is 2.11. The molecule has 0 amide bonds. The van der Waals surface area contributed by atoms with Crippen LogP contribution >= 0.6 is 15.9 Å². The van der Waals surface area contributed by atoms with Gasteiger partial charge in [-0.1, -0.05) is 17.3 Å². The zero-order chi connectivity index (χ0) is 15.4. The van der Waals surface area contributed by atoms with Crippen LogP contribution in [0, 0.1) is 6.92 Å². The molecular formula is C14H17BrN4O2. The smallest absolute Gasteiger partial charge is 0.143 e. The highest BCUT2D eigenvalue weighted by Crippen LogP contribution is 2.22. The summed E-state index contributed by atoms with van der Waals surface area (Å²) in [7, 11) is 1.89. The molecule has 0 aliphatic heterocycles. The molecule has 0 saturated heterocycles. The number of halogens is 1. The number of oxime groups is 1. The van der Waals surface area contributed by atoms with Crippen molar-refractivity contribution in [2.75, 3.05) is 0 Å². The van der Waals surface area contributed by atoms with E-state index >= 15 is 0 Å². The van der Waals surface area contributed by atoms with Gasteiger partial charge in [0.1, 0.15) is 18.2 Å². The third kappa shape index (κ3) is 3.75. The van der Waals surface area contributed by atoms with Crippen molar-refractivity contribution in [2.45, 2.75) is 20.0 Å². The molecule has 0 fully saturated rings. The van der Waals surface area contributed by atoms with Gasteiger partial charge in [-0.3, -0.25) is 4.68 Å². The Labute approximate surface area is 131 Å². The van der Waals surface area contributed by atoms with Crippen molar-refractivity contribution in [1.29, 1.82) is 0 Å². The van der Waals surface area contributed by atoms with E-state index in [1.54, 1.807) is 4.68 Å². The molecule has 6 nitrogen and oxygen atoms in total. The van der Waals surface area contributed by atoms with E-state index < -0.39 is 0 Å². The number of ether oxygens (including phenoxy) is 1. The summed E-state index contributed by atoms with van der Waals surface area (Å²) < 4.78 is 8.52. The second-order valence-electron chi connectivity index (χ2n) is 4.67. The Bertz CT molecular complexity index is 650. The molecule has 0 saturated carbocycles. The van der Waals surface area contributed by atoms with Crippen LogP contribution in [0.2, 0.25) is 0 Å². The number of benzene rings is 1. The van der Waals surface area contributed by atoms with Gasteiger partial charge in [0.15, 0.2) is 0 Å². The van der Waals surface area contributed by atoms with Crippen molar-refractivity contribution in [2.24, 2.45) is 17.9 Å². The van der Waals surface area contributed by atoms with Gasteiger partial charge in [-0.2, -0.15) is 5.10 Å². The second-order valence-corrected chi connectivity index (χ2v) is 5.46. The van der Waals surface area contributed by atoms with Gasteiger partial charge in [0.05, 0.1) is 15.9 Å². The molecule has 0 atom stereocenters. The van der Waals surface area contributed by atoms with E-state index in [-0.39, 0.29) is 5.84 Å². The van der Waals surface area contributed by atoms with Crippen molar-refractivity contribution in [3.8, 4) is 5.75 Å². The van der Waals surface area contributed by atoms with Crippen molar-refractivity contribution in [3.05, 3.63) is 45.7 Å². The standard InChI is InChI=1S/C14H17BrN4O2/c1-9-14(15)12(19(2)17-9)8-21-11-5-3-10(4-6-11)7-13(16)18-20/h3-6,20H,7-8H2,1-2H3,(H2,16,18). The molecule has 0 spiro atoms. The van der Waals surface area contributed by atoms with E-state index in [0.29, 0.717) is 13.0 Å². The summed E-state index contributed by atoms with van der Waals surface area (Å²) in [4.78, 5) is 0. The zero-order valence-corrected chi connectivity index (χ0v) is 13.5. The van der Waals surface area contributed by atoms with Crippen LogP contribution in [-0.4, -0.2) is 20.8 Å². The number of aryl methyl sites for hydroxylation is 2. The molecule has 21 heavy (non-hydrogen) atoms. The number of hydrogen-bond donors (Lipinski definition) is 2. The lowest BCUT2D eigenvalue weighted by molar-refractivity contribution is 0.294. The van der Waals surface area contributed by atoms with Crippen molar-refractivity contribution in [3.63, 3.8) is 0 Å². The van der Waals surface area contributed by atoms with Crippen LogP contribution < -0.4 is 10.5 Å². The van der Waals surface area contributed by atoms with Crippen molar-refractivity contribution in [1.82, 2.24) is 9.78 Å². The molecule has 0 bridgehead atoms. The summed E-state index contributed by atoms with van der Waals surface area (Å²) >= 11 is 3.51. The first kappa shape index (κ1) is 15.4. The van der Waals surface area contributed by atoms with E-state index in [1.165, 1.54) is 0 Å². The molecule has 2 aromatic rings. The first-order valence-corrected chi connectivity index (χ1v) is 7.16. The minimum atomic E-state index is 0.179. The van der Waals surface area contributed by atoms with Crippen molar-refractivity contribution < 1.29 is 9.94 Å². The molecule has 0 unspecified atom stereocenters. The van der Waals surface area contributed by atoms with Crippen LogP contribution in [0.15, 0.2) is 33.9 Å². The van der Waals surface area contributed by atoms with Crippen LogP contribution in [-0.2, 0) is 20.1 Å². The summed E-state index contributed by atoms with van der Waals surface area (Å²) in [5.74, 6) is 0.932. The summed E-state index contributed by atoms with van der Waals surface area (Å²) in [6.45, 7) is 2.37. The lowest BCUT2D eigenvalue weighted by Gasteiger charge is -2.08. The Morgan fingerprint density at radius 2 is 2.10 bits per heavy atom.